The molecule has 2 heterocycles. The zero-order valence-corrected chi connectivity index (χ0v) is 15.8. The Morgan fingerprint density at radius 2 is 1.69 bits per heavy atom. The lowest BCUT2D eigenvalue weighted by Crippen LogP contribution is -2.08. The van der Waals surface area contributed by atoms with Gasteiger partial charge in [-0.15, -0.1) is 5.10 Å². The molecule has 0 atom stereocenters. The molecule has 2 aromatic heterocycles. The first-order valence-corrected chi connectivity index (χ1v) is 8.52. The molecule has 0 unspecified atom stereocenters. The van der Waals surface area contributed by atoms with Crippen molar-refractivity contribution >= 4 is 15.9 Å². The predicted octanol–water partition coefficient (Wildman–Crippen LogP) is 4.59. The van der Waals surface area contributed by atoms with E-state index in [1.807, 2.05) is 0 Å². The van der Waals surface area contributed by atoms with Gasteiger partial charge in [0.1, 0.15) is 0 Å². The molecule has 0 aliphatic carbocycles. The molecule has 0 saturated carbocycles. The van der Waals surface area contributed by atoms with Gasteiger partial charge in [-0.3, -0.25) is 0 Å². The summed E-state index contributed by atoms with van der Waals surface area (Å²) < 4.78 is 41.2. The monoisotopic (exact) mass is 424 g/mol. The molecule has 0 aliphatic rings. The Bertz CT molecular complexity index is 909. The van der Waals surface area contributed by atoms with Crippen LogP contribution in [0.1, 0.15) is 19.5 Å². The summed E-state index contributed by atoms with van der Waals surface area (Å²) in [6.07, 6.45) is 2.89. The standard InChI is InChI=1S/C17H15BrF2N4O2/c1-9(2)25-16-14(26-15-12(19)5-4-6-13(15)20)10(3)24(23-16)17-21-7-11(18)8-22-17/h4-9H,1-3H3. The van der Waals surface area contributed by atoms with E-state index >= 15 is 0 Å². The summed E-state index contributed by atoms with van der Waals surface area (Å²) in [7, 11) is 0. The number of rotatable bonds is 5. The third kappa shape index (κ3) is 3.67. The van der Waals surface area contributed by atoms with Crippen LogP contribution in [-0.4, -0.2) is 25.9 Å². The second-order valence-corrected chi connectivity index (χ2v) is 6.57. The van der Waals surface area contributed by atoms with E-state index < -0.39 is 17.4 Å². The van der Waals surface area contributed by atoms with Crippen LogP contribution >= 0.6 is 15.9 Å². The highest BCUT2D eigenvalue weighted by molar-refractivity contribution is 9.10. The molecule has 3 aromatic rings. The highest BCUT2D eigenvalue weighted by Crippen LogP contribution is 2.37. The van der Waals surface area contributed by atoms with Crippen LogP contribution < -0.4 is 9.47 Å². The molecular weight excluding hydrogens is 410 g/mol. The summed E-state index contributed by atoms with van der Waals surface area (Å²) in [5.41, 5.74) is 0.436. The van der Waals surface area contributed by atoms with Gasteiger partial charge in [-0.1, -0.05) is 6.07 Å². The number of aromatic nitrogens is 4. The van der Waals surface area contributed by atoms with Gasteiger partial charge in [0.2, 0.25) is 5.75 Å². The van der Waals surface area contributed by atoms with E-state index in [4.69, 9.17) is 9.47 Å². The molecule has 1 aromatic carbocycles. The molecule has 0 fully saturated rings. The molecular formula is C17H15BrF2N4O2. The number of para-hydroxylation sites is 1. The van der Waals surface area contributed by atoms with Gasteiger partial charge < -0.3 is 9.47 Å². The van der Waals surface area contributed by atoms with Crippen molar-refractivity contribution in [1.82, 2.24) is 19.7 Å². The number of ether oxygens (including phenoxy) is 2. The fraction of sp³-hybridized carbons (Fsp3) is 0.235. The highest BCUT2D eigenvalue weighted by Gasteiger charge is 2.24. The van der Waals surface area contributed by atoms with Gasteiger partial charge in [0.05, 0.1) is 16.3 Å². The molecule has 0 saturated heterocycles. The third-order valence-corrected chi connectivity index (χ3v) is 3.71. The Hall–Kier alpha value is -2.55. The largest absolute Gasteiger partial charge is 0.471 e. The minimum absolute atomic E-state index is 0.0895. The lowest BCUT2D eigenvalue weighted by molar-refractivity contribution is 0.222. The maximum atomic E-state index is 14.0. The van der Waals surface area contributed by atoms with Crippen molar-refractivity contribution < 1.29 is 18.3 Å². The molecule has 0 radical (unpaired) electrons. The highest BCUT2D eigenvalue weighted by atomic mass is 79.9. The molecule has 6 nitrogen and oxygen atoms in total. The first-order chi connectivity index (χ1) is 12.4. The fourth-order valence-corrected chi connectivity index (χ4v) is 2.38. The van der Waals surface area contributed by atoms with Gasteiger partial charge in [0, 0.05) is 12.4 Å². The van der Waals surface area contributed by atoms with Gasteiger partial charge in [-0.2, -0.15) is 4.68 Å². The quantitative estimate of drug-likeness (QED) is 0.599. The van der Waals surface area contributed by atoms with Crippen molar-refractivity contribution in [2.24, 2.45) is 0 Å². The van der Waals surface area contributed by atoms with E-state index in [0.717, 1.165) is 12.1 Å². The first-order valence-electron chi connectivity index (χ1n) is 7.73. The molecule has 0 amide bonds. The van der Waals surface area contributed by atoms with E-state index in [9.17, 15) is 8.78 Å². The maximum Gasteiger partial charge on any atom is 0.277 e. The Labute approximate surface area is 156 Å². The second-order valence-electron chi connectivity index (χ2n) is 5.65. The number of halogens is 3. The van der Waals surface area contributed by atoms with E-state index in [1.165, 1.54) is 10.7 Å². The van der Waals surface area contributed by atoms with Gasteiger partial charge in [-0.05, 0) is 48.8 Å². The fourth-order valence-electron chi connectivity index (χ4n) is 2.17. The summed E-state index contributed by atoms with van der Waals surface area (Å²) in [4.78, 5) is 8.34. The minimum atomic E-state index is -0.826. The molecule has 9 heteroatoms. The summed E-state index contributed by atoms with van der Waals surface area (Å²) in [5.74, 6) is -1.73. The van der Waals surface area contributed by atoms with Crippen LogP contribution in [0.15, 0.2) is 35.1 Å². The van der Waals surface area contributed by atoms with E-state index in [0.29, 0.717) is 10.2 Å². The Kier molecular flexibility index (Phi) is 5.17. The van der Waals surface area contributed by atoms with Crippen LogP contribution in [0.3, 0.4) is 0 Å². The average molecular weight is 425 g/mol. The van der Waals surface area contributed by atoms with Crippen molar-refractivity contribution in [3.8, 4) is 23.3 Å². The van der Waals surface area contributed by atoms with Crippen molar-refractivity contribution in [2.75, 3.05) is 0 Å². The molecule has 0 bridgehead atoms. The lowest BCUT2D eigenvalue weighted by Gasteiger charge is -2.11. The van der Waals surface area contributed by atoms with Gasteiger partial charge >= 0.3 is 0 Å². The van der Waals surface area contributed by atoms with Crippen molar-refractivity contribution in [3.05, 3.63) is 52.4 Å². The van der Waals surface area contributed by atoms with Crippen LogP contribution in [0.4, 0.5) is 8.78 Å². The summed E-state index contributed by atoms with van der Waals surface area (Å²) in [5, 5.41) is 4.29. The van der Waals surface area contributed by atoms with Crippen LogP contribution in [0.2, 0.25) is 0 Å². The minimum Gasteiger partial charge on any atom is -0.471 e. The number of benzene rings is 1. The molecule has 0 N–H and O–H groups in total. The van der Waals surface area contributed by atoms with Gasteiger partial charge in [-0.25, -0.2) is 18.7 Å². The number of hydrogen-bond donors (Lipinski definition) is 0. The second kappa shape index (κ2) is 7.36. The summed E-state index contributed by atoms with van der Waals surface area (Å²) in [6.45, 7) is 5.27. The summed E-state index contributed by atoms with van der Waals surface area (Å²) in [6, 6.07) is 3.48. The third-order valence-electron chi connectivity index (χ3n) is 3.30. The zero-order chi connectivity index (χ0) is 18.8. The Morgan fingerprint density at radius 1 is 1.08 bits per heavy atom. The molecule has 26 heavy (non-hydrogen) atoms. The van der Waals surface area contributed by atoms with E-state index in [-0.39, 0.29) is 23.7 Å². The first kappa shape index (κ1) is 18.2. The maximum absolute atomic E-state index is 14.0. The van der Waals surface area contributed by atoms with Crippen molar-refractivity contribution in [3.63, 3.8) is 0 Å². The van der Waals surface area contributed by atoms with Crippen LogP contribution in [0.25, 0.3) is 5.95 Å². The summed E-state index contributed by atoms with van der Waals surface area (Å²) >= 11 is 3.26. The number of nitrogens with zero attached hydrogens (tertiary/aromatic N) is 4. The smallest absolute Gasteiger partial charge is 0.277 e. The number of hydrogen-bond acceptors (Lipinski definition) is 5. The van der Waals surface area contributed by atoms with E-state index in [2.05, 4.69) is 31.0 Å². The Balaban J connectivity index is 2.09. The van der Waals surface area contributed by atoms with Crippen LogP contribution in [0.5, 0.6) is 17.4 Å². The van der Waals surface area contributed by atoms with E-state index in [1.54, 1.807) is 33.2 Å². The van der Waals surface area contributed by atoms with Crippen molar-refractivity contribution in [1.29, 1.82) is 0 Å². The Morgan fingerprint density at radius 3 is 2.27 bits per heavy atom. The normalized spacial score (nSPS) is 11.0. The molecule has 0 spiro atoms. The lowest BCUT2D eigenvalue weighted by atomic mass is 10.3. The predicted molar refractivity (Wildman–Crippen MR) is 93.8 cm³/mol. The van der Waals surface area contributed by atoms with Crippen LogP contribution in [-0.2, 0) is 0 Å². The zero-order valence-electron chi connectivity index (χ0n) is 14.2. The van der Waals surface area contributed by atoms with Gasteiger partial charge in [0.25, 0.3) is 11.8 Å². The average Bonchev–Trinajstić information content (AvgIpc) is 2.87. The van der Waals surface area contributed by atoms with Crippen LogP contribution in [0, 0.1) is 18.6 Å². The topological polar surface area (TPSA) is 62.1 Å². The van der Waals surface area contributed by atoms with Gasteiger partial charge in [0.15, 0.2) is 17.4 Å². The SMILES string of the molecule is Cc1c(Oc2c(F)cccc2F)c(OC(C)C)nn1-c1ncc(Br)cn1. The van der Waals surface area contributed by atoms with Crippen molar-refractivity contribution in [2.45, 2.75) is 26.9 Å². The molecule has 3 rings (SSSR count). The molecule has 136 valence electrons. The molecule has 0 aliphatic heterocycles.